The zero-order valence-corrected chi connectivity index (χ0v) is 90.5. The molecule has 0 aliphatic rings. The van der Waals surface area contributed by atoms with Crippen LogP contribution in [0, 0.1) is 0 Å². The average Bonchev–Trinajstić information content (AvgIpc) is 0.798. The van der Waals surface area contributed by atoms with Gasteiger partial charge in [-0.25, -0.2) is 0 Å². The van der Waals surface area contributed by atoms with Crippen molar-refractivity contribution in [1.82, 2.24) is 0 Å². The molecule has 0 unspecified atom stereocenters. The van der Waals surface area contributed by atoms with Gasteiger partial charge in [-0.2, -0.15) is 0 Å². The number of aliphatic imine (C=N–C) groups is 3. The SMILES string of the molecule is CC(=O)[O-].CC(=O)[O-].CC(=O)[O-].CC(C)c1cccc(C(C)C)c1N=C([N-]c1c(C(C)C)cccc1C(C)C)c1ccccc1.CC(C)c1cccc(C(C)C)c1N=C([N-]c1c(C(C)C)cccc1C(C)C)c1ccccc1.CC(C)c1cccc(C(C)C)c1N=C([N-]c1c(C(C)C)cccc1C(C)C)c1ccccc1.O=C([O-])c1ccccc1P(C(=O)[O-])C(=O)[O-].[Y+3].[Y+3].[Y+3]. The quantitative estimate of drug-likeness (QED) is 0.0293. The third kappa shape index (κ3) is 37.7. The minimum atomic E-state index is -2.84. The molecule has 0 fully saturated rings. The van der Waals surface area contributed by atoms with Gasteiger partial charge in [0.05, 0.1) is 17.4 Å². The molecule has 0 aliphatic carbocycles. The summed E-state index contributed by atoms with van der Waals surface area (Å²) in [6.07, 6.45) is 0. The summed E-state index contributed by atoms with van der Waals surface area (Å²) in [6, 6.07) is 75.5. The van der Waals surface area contributed by atoms with Crippen LogP contribution in [0.4, 0.5) is 43.7 Å². The normalized spacial score (nSPS) is 11.2. The van der Waals surface area contributed by atoms with E-state index in [2.05, 4.69) is 348 Å². The second kappa shape index (κ2) is 59.6. The Labute approximate surface area is 851 Å². The number of carbonyl (C=O) groups is 6. The summed E-state index contributed by atoms with van der Waals surface area (Å²) < 4.78 is 0. The van der Waals surface area contributed by atoms with E-state index in [1.165, 1.54) is 78.9 Å². The summed E-state index contributed by atoms with van der Waals surface area (Å²) in [4.78, 5) is 74.5. The van der Waals surface area contributed by atoms with E-state index in [1.54, 1.807) is 0 Å². The van der Waals surface area contributed by atoms with Gasteiger partial charge in [0.25, 0.3) is 0 Å². The molecule has 10 rings (SSSR count). The molecule has 0 radical (unpaired) electrons. The van der Waals surface area contributed by atoms with Crippen LogP contribution in [0.3, 0.4) is 0 Å². The fourth-order valence-electron chi connectivity index (χ4n) is 13.8. The number of hydrogen-bond donors (Lipinski definition) is 0. The van der Waals surface area contributed by atoms with Gasteiger partial charge in [0.2, 0.25) is 0 Å². The fraction of sp³-hybridized carbons (Fsp3) is 0.361. The number of benzene rings is 10. The molecule has 0 spiro atoms. The van der Waals surface area contributed by atoms with Crippen LogP contribution in [0.1, 0.15) is 352 Å². The molecule has 0 bridgehead atoms. The van der Waals surface area contributed by atoms with E-state index in [0.29, 0.717) is 71.0 Å². The van der Waals surface area contributed by atoms with Crippen LogP contribution in [-0.2, 0) is 113 Å². The van der Waals surface area contributed by atoms with Crippen molar-refractivity contribution in [3.05, 3.63) is 329 Å². The van der Waals surface area contributed by atoms with E-state index in [4.69, 9.17) is 60.6 Å². The first-order chi connectivity index (χ1) is 59.7. The summed E-state index contributed by atoms with van der Waals surface area (Å²) in [5, 5.41) is 74.1. The summed E-state index contributed by atoms with van der Waals surface area (Å²) in [7, 11) is -2.84. The molecule has 0 aliphatic heterocycles. The van der Waals surface area contributed by atoms with E-state index < -0.39 is 48.8 Å². The minimum absolute atomic E-state index is 0. The van der Waals surface area contributed by atoms with Crippen molar-refractivity contribution < 1.29 is 158 Å². The second-order valence-corrected chi connectivity index (χ2v) is 36.3. The van der Waals surface area contributed by atoms with Gasteiger partial charge < -0.3 is 90.3 Å². The summed E-state index contributed by atoms with van der Waals surface area (Å²) in [6.45, 7) is 56.6. The monoisotopic (exact) mass is 2000 g/mol. The zero-order chi connectivity index (χ0) is 95.4. The largest absolute Gasteiger partial charge is 3.00 e. The number of carboxylic acids is 4. The molecule has 10 aromatic carbocycles. The maximum Gasteiger partial charge on any atom is 3.00 e. The van der Waals surface area contributed by atoms with Crippen molar-refractivity contribution in [1.29, 1.82) is 0 Å². The fourth-order valence-corrected chi connectivity index (χ4v) is 15.0. The summed E-state index contributed by atoms with van der Waals surface area (Å²) in [5.41, 5.74) is 20.5. The molecule has 0 N–H and O–H groups in total. The summed E-state index contributed by atoms with van der Waals surface area (Å²) in [5.74, 6) is 2.03. The van der Waals surface area contributed by atoms with Crippen LogP contribution < -0.4 is 35.9 Å². The first kappa shape index (κ1) is 119. The molecule has 0 saturated carbocycles. The molecule has 0 heterocycles. The Morgan fingerprint density at radius 3 is 0.562 bits per heavy atom. The van der Waals surface area contributed by atoms with Gasteiger partial charge in [-0.15, -0.1) is 0 Å². The minimum Gasteiger partial charge on any atom is -0.550 e. The average molecular weight is 2000 g/mol. The number of hydrogen-bond acceptors (Lipinski definition) is 15. The van der Waals surface area contributed by atoms with Crippen molar-refractivity contribution in [3.63, 3.8) is 0 Å². The molecular formula is C108H130N6O12PY3. The third-order valence-electron chi connectivity index (χ3n) is 20.2. The van der Waals surface area contributed by atoms with E-state index in [0.717, 1.165) is 101 Å². The number of carboxylic acid groups (broad SMARTS) is 6. The van der Waals surface area contributed by atoms with Crippen LogP contribution in [0.5, 0.6) is 0 Å². The Morgan fingerprint density at radius 2 is 0.400 bits per heavy atom. The Balaban J connectivity index is 0.000000841. The van der Waals surface area contributed by atoms with Gasteiger partial charge in [0, 0.05) is 31.4 Å². The van der Waals surface area contributed by atoms with E-state index in [9.17, 15) is 29.7 Å². The van der Waals surface area contributed by atoms with Crippen molar-refractivity contribution in [2.75, 3.05) is 0 Å². The zero-order valence-electron chi connectivity index (χ0n) is 81.1. The van der Waals surface area contributed by atoms with Gasteiger partial charge >= 0.3 is 98.1 Å². The van der Waals surface area contributed by atoms with Crippen molar-refractivity contribution in [2.24, 2.45) is 15.0 Å². The van der Waals surface area contributed by atoms with Crippen LogP contribution in [0.15, 0.2) is 239 Å². The number of carbonyl (C=O) groups excluding carboxylic acids is 6. The molecule has 130 heavy (non-hydrogen) atoms. The smallest absolute Gasteiger partial charge is 0.550 e. The summed E-state index contributed by atoms with van der Waals surface area (Å²) >= 11 is 0. The molecule has 0 aromatic heterocycles. The first-order valence-electron chi connectivity index (χ1n) is 43.6. The van der Waals surface area contributed by atoms with Crippen molar-refractivity contribution in [2.45, 2.75) is 258 Å². The predicted octanol–water partition coefficient (Wildman–Crippen LogP) is 24.0. The number of amidine groups is 3. The predicted molar refractivity (Wildman–Crippen MR) is 515 cm³/mol. The van der Waals surface area contributed by atoms with E-state index >= 15 is 0 Å². The topological polar surface area (TPSA) is 320 Å². The van der Waals surface area contributed by atoms with Crippen LogP contribution in [-0.4, -0.2) is 52.8 Å². The number of aromatic carboxylic acids is 1. The van der Waals surface area contributed by atoms with Gasteiger partial charge in [0.1, 0.15) is 0 Å². The Morgan fingerprint density at radius 1 is 0.238 bits per heavy atom. The second-order valence-electron chi connectivity index (χ2n) is 34.5. The van der Waals surface area contributed by atoms with Gasteiger partial charge in [-0.1, -0.05) is 408 Å². The Kier molecular flexibility index (Phi) is 54.7. The standard InChI is InChI=1S/3C31H39N2.C9H7O6P.3C2H4O2.3Y/c3*1-20(2)25-16-12-17-26(21(3)4)29(25)32-31(24-14-10-9-11-15-24)33-30-27(22(5)6)18-13-19-28(30)23(7)8;10-7(11)5-3-1-2-4-6(5)16(8(12)13)9(14)15;3*1-2(3)4;;;/h3*9-23H,1-8H3;1-4H,(H,10,11)(H,12,13)(H,14,15);3*1H3,(H,3,4);;;/q3*-1;;;;;3*+3/p-6. The van der Waals surface area contributed by atoms with Crippen LogP contribution in [0.2, 0.25) is 0 Å². The van der Waals surface area contributed by atoms with Gasteiger partial charge in [0.15, 0.2) is 0 Å². The van der Waals surface area contributed by atoms with Crippen LogP contribution in [0.25, 0.3) is 16.0 Å². The van der Waals surface area contributed by atoms with E-state index in [1.807, 2.05) is 18.2 Å². The number of rotatable bonds is 25. The molecule has 10 aromatic rings. The first-order valence-corrected chi connectivity index (χ1v) is 45.0. The maximum atomic E-state index is 10.6. The molecule has 0 atom stereocenters. The van der Waals surface area contributed by atoms with Crippen LogP contribution >= 0.6 is 7.92 Å². The molecule has 18 nitrogen and oxygen atoms in total. The number of aliphatic carboxylic acids is 3. The maximum absolute atomic E-state index is 10.6. The third-order valence-corrected chi connectivity index (χ3v) is 21.8. The van der Waals surface area contributed by atoms with E-state index in [-0.39, 0.29) is 103 Å². The Hall–Kier alpha value is -8.83. The molecule has 22 heteroatoms. The molecular weight excluding hydrogens is 1870 g/mol. The van der Waals surface area contributed by atoms with Gasteiger partial charge in [-0.05, 0) is 215 Å². The molecule has 0 saturated heterocycles. The molecule has 0 amide bonds. The Bertz CT molecular complexity index is 4700. The molecule has 678 valence electrons. The van der Waals surface area contributed by atoms with Crippen molar-refractivity contribution in [3.8, 4) is 0 Å². The van der Waals surface area contributed by atoms with Gasteiger partial charge in [-0.3, -0.25) is 0 Å². The number of nitrogens with zero attached hydrogens (tertiary/aromatic N) is 6. The number of para-hydroxylation sites is 6. The van der Waals surface area contributed by atoms with Crippen molar-refractivity contribution >= 4 is 100 Å².